The highest BCUT2D eigenvalue weighted by atomic mass is 19.1. The van der Waals surface area contributed by atoms with Crippen LogP contribution >= 0.6 is 0 Å². The molecule has 1 aliphatic rings. The van der Waals surface area contributed by atoms with Crippen LogP contribution in [0, 0.1) is 15.9 Å². The van der Waals surface area contributed by atoms with Gasteiger partial charge in [-0.1, -0.05) is 25.0 Å². The molecule has 0 aliphatic heterocycles. The van der Waals surface area contributed by atoms with Crippen molar-refractivity contribution in [3.8, 4) is 0 Å². The molecular formula is C20H19FN2O5. The zero-order valence-corrected chi connectivity index (χ0v) is 15.0. The molecule has 8 heteroatoms. The maximum absolute atomic E-state index is 13.2. The molecule has 0 radical (unpaired) electrons. The zero-order chi connectivity index (χ0) is 20.1. The normalized spacial score (nSPS) is 15.0. The minimum absolute atomic E-state index is 0.0908. The molecule has 0 unspecified atom stereocenters. The highest BCUT2D eigenvalue weighted by molar-refractivity contribution is 5.94. The second-order valence-electron chi connectivity index (χ2n) is 6.72. The minimum atomic E-state index is -0.860. The standard InChI is InChI=1S/C20H19FN2O5/c21-15-5-3-14(4-6-15)20(11-1-2-12-20)19(25)28-13-18(24)22-16-7-9-17(10-8-16)23(26)27/h3-10H,1-2,11-13H2,(H,22,24). The van der Waals surface area contributed by atoms with Crippen LogP contribution in [-0.4, -0.2) is 23.4 Å². The van der Waals surface area contributed by atoms with Gasteiger partial charge in [0.25, 0.3) is 11.6 Å². The highest BCUT2D eigenvalue weighted by Gasteiger charge is 2.44. The van der Waals surface area contributed by atoms with Crippen LogP contribution in [0.1, 0.15) is 31.2 Å². The average Bonchev–Trinajstić information content (AvgIpc) is 3.18. The van der Waals surface area contributed by atoms with Gasteiger partial charge in [-0.15, -0.1) is 0 Å². The summed E-state index contributed by atoms with van der Waals surface area (Å²) in [5.74, 6) is -1.43. The van der Waals surface area contributed by atoms with Crippen LogP contribution in [0.4, 0.5) is 15.8 Å². The molecule has 28 heavy (non-hydrogen) atoms. The lowest BCUT2D eigenvalue weighted by molar-refractivity contribution is -0.384. The number of anilines is 1. The number of esters is 1. The van der Waals surface area contributed by atoms with E-state index in [9.17, 15) is 24.1 Å². The van der Waals surface area contributed by atoms with Crippen LogP contribution in [0.15, 0.2) is 48.5 Å². The Kier molecular flexibility index (Phi) is 5.67. The number of amides is 1. The van der Waals surface area contributed by atoms with E-state index in [1.807, 2.05) is 0 Å². The third-order valence-electron chi connectivity index (χ3n) is 4.94. The van der Waals surface area contributed by atoms with Gasteiger partial charge >= 0.3 is 5.97 Å². The number of nitro benzene ring substituents is 1. The summed E-state index contributed by atoms with van der Waals surface area (Å²) >= 11 is 0. The molecule has 0 atom stereocenters. The summed E-state index contributed by atoms with van der Waals surface area (Å²) in [4.78, 5) is 34.9. The number of nitrogens with zero attached hydrogens (tertiary/aromatic N) is 1. The van der Waals surface area contributed by atoms with Crippen molar-refractivity contribution >= 4 is 23.3 Å². The van der Waals surface area contributed by atoms with Gasteiger partial charge in [-0.3, -0.25) is 19.7 Å². The van der Waals surface area contributed by atoms with E-state index in [4.69, 9.17) is 4.74 Å². The summed E-state index contributed by atoms with van der Waals surface area (Å²) in [7, 11) is 0. The quantitative estimate of drug-likeness (QED) is 0.463. The fraction of sp³-hybridized carbons (Fsp3) is 0.300. The Morgan fingerprint density at radius 1 is 1.07 bits per heavy atom. The van der Waals surface area contributed by atoms with Gasteiger partial charge in [-0.05, 0) is 42.7 Å². The lowest BCUT2D eigenvalue weighted by Crippen LogP contribution is -2.36. The summed E-state index contributed by atoms with van der Waals surface area (Å²) in [6.07, 6.45) is 2.87. The van der Waals surface area contributed by atoms with Gasteiger partial charge in [-0.2, -0.15) is 0 Å². The van der Waals surface area contributed by atoms with E-state index < -0.39 is 28.8 Å². The number of nitro groups is 1. The molecule has 1 aliphatic carbocycles. The predicted octanol–water partition coefficient (Wildman–Crippen LogP) is 3.73. The molecule has 0 bridgehead atoms. The van der Waals surface area contributed by atoms with Crippen molar-refractivity contribution in [2.45, 2.75) is 31.1 Å². The topological polar surface area (TPSA) is 98.5 Å². The number of carbonyl (C=O) groups is 2. The van der Waals surface area contributed by atoms with E-state index in [0.29, 0.717) is 24.1 Å². The van der Waals surface area contributed by atoms with Crippen LogP contribution in [0.3, 0.4) is 0 Å². The molecule has 0 aromatic heterocycles. The Balaban J connectivity index is 1.62. The maximum Gasteiger partial charge on any atom is 0.317 e. The molecule has 7 nitrogen and oxygen atoms in total. The number of nitrogens with one attached hydrogen (secondary N) is 1. The molecule has 1 saturated carbocycles. The van der Waals surface area contributed by atoms with Gasteiger partial charge < -0.3 is 10.1 Å². The van der Waals surface area contributed by atoms with Crippen LogP contribution < -0.4 is 5.32 Å². The van der Waals surface area contributed by atoms with Crippen LogP contribution in [-0.2, 0) is 19.7 Å². The summed E-state index contributed by atoms with van der Waals surface area (Å²) in [5.41, 5.74) is 0.0984. The summed E-state index contributed by atoms with van der Waals surface area (Å²) in [5, 5.41) is 13.2. The number of rotatable bonds is 6. The van der Waals surface area contributed by atoms with Crippen molar-refractivity contribution in [1.29, 1.82) is 0 Å². The molecule has 1 fully saturated rings. The molecule has 1 N–H and O–H groups in total. The van der Waals surface area contributed by atoms with E-state index >= 15 is 0 Å². The Hall–Kier alpha value is -3.29. The van der Waals surface area contributed by atoms with E-state index in [1.165, 1.54) is 36.4 Å². The fourth-order valence-corrected chi connectivity index (χ4v) is 3.49. The highest BCUT2D eigenvalue weighted by Crippen LogP contribution is 2.42. The molecule has 0 heterocycles. The number of ether oxygens (including phenoxy) is 1. The second-order valence-corrected chi connectivity index (χ2v) is 6.72. The Morgan fingerprint density at radius 3 is 2.25 bits per heavy atom. The summed E-state index contributed by atoms with van der Waals surface area (Å²) in [6, 6.07) is 11.1. The van der Waals surface area contributed by atoms with E-state index in [-0.39, 0.29) is 11.5 Å². The van der Waals surface area contributed by atoms with Crippen molar-refractivity contribution in [3.05, 3.63) is 70.0 Å². The monoisotopic (exact) mass is 386 g/mol. The first-order valence-electron chi connectivity index (χ1n) is 8.88. The SMILES string of the molecule is O=C(COC(=O)C1(c2ccc(F)cc2)CCCC1)Nc1ccc([N+](=O)[O-])cc1. The molecule has 3 rings (SSSR count). The lowest BCUT2D eigenvalue weighted by atomic mass is 9.79. The molecule has 0 saturated heterocycles. The van der Waals surface area contributed by atoms with Crippen molar-refractivity contribution in [1.82, 2.24) is 0 Å². The Morgan fingerprint density at radius 2 is 1.68 bits per heavy atom. The van der Waals surface area contributed by atoms with Gasteiger partial charge in [0.05, 0.1) is 10.3 Å². The zero-order valence-electron chi connectivity index (χ0n) is 15.0. The number of benzene rings is 2. The molecule has 2 aromatic carbocycles. The van der Waals surface area contributed by atoms with E-state index in [0.717, 1.165) is 12.8 Å². The Bertz CT molecular complexity index is 874. The third-order valence-corrected chi connectivity index (χ3v) is 4.94. The third kappa shape index (κ3) is 4.16. The molecule has 2 aromatic rings. The van der Waals surface area contributed by atoms with Crippen LogP contribution in [0.2, 0.25) is 0 Å². The number of carbonyl (C=O) groups excluding carboxylic acids is 2. The fourth-order valence-electron chi connectivity index (χ4n) is 3.49. The first kappa shape index (κ1) is 19.5. The van der Waals surface area contributed by atoms with Crippen LogP contribution in [0.25, 0.3) is 0 Å². The van der Waals surface area contributed by atoms with Crippen molar-refractivity contribution in [3.63, 3.8) is 0 Å². The lowest BCUT2D eigenvalue weighted by Gasteiger charge is -2.27. The van der Waals surface area contributed by atoms with Gasteiger partial charge in [0.2, 0.25) is 0 Å². The minimum Gasteiger partial charge on any atom is -0.455 e. The first-order valence-corrected chi connectivity index (χ1v) is 8.88. The number of hydrogen-bond donors (Lipinski definition) is 1. The largest absolute Gasteiger partial charge is 0.455 e. The number of halogens is 1. The van der Waals surface area contributed by atoms with Gasteiger partial charge in [0.15, 0.2) is 6.61 Å². The summed E-state index contributed by atoms with van der Waals surface area (Å²) in [6.45, 7) is -0.473. The van der Waals surface area contributed by atoms with Gasteiger partial charge in [0, 0.05) is 17.8 Å². The van der Waals surface area contributed by atoms with Crippen molar-refractivity contribution < 1.29 is 23.6 Å². The van der Waals surface area contributed by atoms with Crippen LogP contribution in [0.5, 0.6) is 0 Å². The predicted molar refractivity (Wildman–Crippen MR) is 99.2 cm³/mol. The maximum atomic E-state index is 13.2. The summed E-state index contributed by atoms with van der Waals surface area (Å²) < 4.78 is 18.5. The van der Waals surface area contributed by atoms with E-state index in [1.54, 1.807) is 12.1 Å². The van der Waals surface area contributed by atoms with Gasteiger partial charge in [0.1, 0.15) is 5.82 Å². The van der Waals surface area contributed by atoms with Gasteiger partial charge in [-0.25, -0.2) is 4.39 Å². The molecule has 0 spiro atoms. The second kappa shape index (κ2) is 8.16. The first-order chi connectivity index (χ1) is 13.4. The van der Waals surface area contributed by atoms with E-state index in [2.05, 4.69) is 5.32 Å². The van der Waals surface area contributed by atoms with Crippen molar-refractivity contribution in [2.24, 2.45) is 0 Å². The number of hydrogen-bond acceptors (Lipinski definition) is 5. The number of non-ortho nitro benzene ring substituents is 1. The molecule has 146 valence electrons. The smallest absolute Gasteiger partial charge is 0.317 e. The van der Waals surface area contributed by atoms with Crippen molar-refractivity contribution in [2.75, 3.05) is 11.9 Å². The molecule has 1 amide bonds. The average molecular weight is 386 g/mol. The molecular weight excluding hydrogens is 367 g/mol. The Labute approximate surface area is 160 Å².